The maximum absolute atomic E-state index is 3.67. The Morgan fingerprint density at radius 1 is 0.950 bits per heavy atom. The summed E-state index contributed by atoms with van der Waals surface area (Å²) >= 11 is 0. The summed E-state index contributed by atoms with van der Waals surface area (Å²) in [6, 6.07) is 0.864. The molecule has 0 aromatic carbocycles. The first-order valence-corrected chi connectivity index (χ1v) is 8.97. The molecule has 1 atom stereocenters. The zero-order chi connectivity index (χ0) is 13.8. The Hall–Kier alpha value is -0.120. The van der Waals surface area contributed by atoms with Gasteiger partial charge in [-0.1, -0.05) is 6.92 Å². The lowest BCUT2D eigenvalue weighted by molar-refractivity contribution is 0.140. The first kappa shape index (κ1) is 14.8. The third-order valence-electron chi connectivity index (χ3n) is 5.32. The molecule has 3 fully saturated rings. The van der Waals surface area contributed by atoms with E-state index >= 15 is 0 Å². The minimum Gasteiger partial charge on any atom is -0.314 e. The number of hydrogen-bond donors (Lipinski definition) is 1. The Balaban J connectivity index is 1.28. The molecule has 0 spiro atoms. The van der Waals surface area contributed by atoms with Gasteiger partial charge in [-0.2, -0.15) is 0 Å². The molecule has 0 amide bonds. The summed E-state index contributed by atoms with van der Waals surface area (Å²) in [5, 5.41) is 3.67. The van der Waals surface area contributed by atoms with Gasteiger partial charge in [0.25, 0.3) is 0 Å². The van der Waals surface area contributed by atoms with Crippen LogP contribution in [0.15, 0.2) is 0 Å². The van der Waals surface area contributed by atoms with Crippen molar-refractivity contribution < 1.29 is 0 Å². The molecule has 3 aliphatic rings. The van der Waals surface area contributed by atoms with Crippen molar-refractivity contribution in [2.45, 2.75) is 51.5 Å². The lowest BCUT2D eigenvalue weighted by Gasteiger charge is -2.35. The minimum absolute atomic E-state index is 0.811. The molecule has 116 valence electrons. The molecule has 3 heteroatoms. The molecule has 0 aromatic heterocycles. The van der Waals surface area contributed by atoms with E-state index in [4.69, 9.17) is 0 Å². The largest absolute Gasteiger partial charge is 0.314 e. The van der Waals surface area contributed by atoms with Crippen LogP contribution in [0, 0.1) is 11.8 Å². The van der Waals surface area contributed by atoms with Gasteiger partial charge < -0.3 is 15.1 Å². The van der Waals surface area contributed by atoms with Crippen molar-refractivity contribution in [3.8, 4) is 0 Å². The van der Waals surface area contributed by atoms with Crippen LogP contribution in [-0.4, -0.2) is 61.7 Å². The van der Waals surface area contributed by atoms with E-state index in [1.165, 1.54) is 84.3 Å². The van der Waals surface area contributed by atoms with E-state index in [0.29, 0.717) is 0 Å². The van der Waals surface area contributed by atoms with Crippen LogP contribution in [0.25, 0.3) is 0 Å². The van der Waals surface area contributed by atoms with Gasteiger partial charge in [0.1, 0.15) is 0 Å². The average Bonchev–Trinajstić information content (AvgIpc) is 3.15. The third-order valence-corrected chi connectivity index (χ3v) is 5.32. The molecule has 2 aliphatic heterocycles. The molecular weight excluding hydrogens is 246 g/mol. The number of likely N-dealkylation sites (tertiary alicyclic amines) is 2. The molecule has 0 aromatic rings. The van der Waals surface area contributed by atoms with Gasteiger partial charge in [0, 0.05) is 19.1 Å². The summed E-state index contributed by atoms with van der Waals surface area (Å²) in [7, 11) is 0. The van der Waals surface area contributed by atoms with Crippen LogP contribution in [0.5, 0.6) is 0 Å². The van der Waals surface area contributed by atoms with Crippen molar-refractivity contribution in [1.29, 1.82) is 0 Å². The molecule has 2 saturated heterocycles. The Bertz CT molecular complexity index is 276. The minimum atomic E-state index is 0.811. The molecule has 3 nitrogen and oxygen atoms in total. The number of nitrogens with one attached hydrogen (secondary N) is 1. The van der Waals surface area contributed by atoms with Crippen LogP contribution < -0.4 is 5.32 Å². The van der Waals surface area contributed by atoms with E-state index in [9.17, 15) is 0 Å². The summed E-state index contributed by atoms with van der Waals surface area (Å²) in [5.74, 6) is 1.79. The SMILES string of the molecule is CC(CNC1CC1)CN1CCC(CN2CCCC2)CC1. The lowest BCUT2D eigenvalue weighted by atomic mass is 9.95. The van der Waals surface area contributed by atoms with Gasteiger partial charge in [0.2, 0.25) is 0 Å². The fourth-order valence-electron chi connectivity index (χ4n) is 3.84. The first-order valence-electron chi connectivity index (χ1n) is 8.97. The van der Waals surface area contributed by atoms with Gasteiger partial charge >= 0.3 is 0 Å². The molecule has 20 heavy (non-hydrogen) atoms. The summed E-state index contributed by atoms with van der Waals surface area (Å²) in [5.41, 5.74) is 0. The molecule has 1 aliphatic carbocycles. The summed E-state index contributed by atoms with van der Waals surface area (Å²) in [6.45, 7) is 11.7. The Morgan fingerprint density at radius 2 is 1.65 bits per heavy atom. The highest BCUT2D eigenvalue weighted by atomic mass is 15.2. The van der Waals surface area contributed by atoms with Crippen LogP contribution in [0.3, 0.4) is 0 Å². The van der Waals surface area contributed by atoms with Gasteiger partial charge in [-0.3, -0.25) is 0 Å². The van der Waals surface area contributed by atoms with E-state index in [2.05, 4.69) is 22.0 Å². The monoisotopic (exact) mass is 279 g/mol. The maximum atomic E-state index is 3.67. The third kappa shape index (κ3) is 4.71. The van der Waals surface area contributed by atoms with Crippen LogP contribution in [0.4, 0.5) is 0 Å². The topological polar surface area (TPSA) is 18.5 Å². The van der Waals surface area contributed by atoms with Crippen molar-refractivity contribution in [2.75, 3.05) is 45.8 Å². The smallest absolute Gasteiger partial charge is 0.00683 e. The lowest BCUT2D eigenvalue weighted by Crippen LogP contribution is -2.41. The Kier molecular flexibility index (Phi) is 5.36. The number of nitrogens with zero attached hydrogens (tertiary/aromatic N) is 2. The predicted octanol–water partition coefficient (Wildman–Crippen LogP) is 2.18. The van der Waals surface area contributed by atoms with E-state index in [-0.39, 0.29) is 0 Å². The molecule has 1 N–H and O–H groups in total. The molecule has 1 unspecified atom stereocenters. The molecule has 0 radical (unpaired) electrons. The average molecular weight is 279 g/mol. The van der Waals surface area contributed by atoms with Crippen LogP contribution in [-0.2, 0) is 0 Å². The van der Waals surface area contributed by atoms with Crippen LogP contribution in [0.1, 0.15) is 45.4 Å². The second-order valence-corrected chi connectivity index (χ2v) is 7.54. The van der Waals surface area contributed by atoms with Crippen molar-refractivity contribution in [1.82, 2.24) is 15.1 Å². The van der Waals surface area contributed by atoms with Crippen molar-refractivity contribution in [3.05, 3.63) is 0 Å². The quantitative estimate of drug-likeness (QED) is 0.770. The van der Waals surface area contributed by atoms with Gasteiger partial charge in [0.05, 0.1) is 0 Å². The first-order chi connectivity index (χ1) is 9.79. The summed E-state index contributed by atoms with van der Waals surface area (Å²) < 4.78 is 0. The molecule has 3 rings (SSSR count). The number of rotatable bonds is 7. The fourth-order valence-corrected chi connectivity index (χ4v) is 3.84. The van der Waals surface area contributed by atoms with Crippen LogP contribution >= 0.6 is 0 Å². The highest BCUT2D eigenvalue weighted by molar-refractivity contribution is 4.82. The summed E-state index contributed by atoms with van der Waals surface area (Å²) in [6.07, 6.45) is 8.55. The molecule has 2 heterocycles. The number of hydrogen-bond acceptors (Lipinski definition) is 3. The van der Waals surface area contributed by atoms with Gasteiger partial charge in [-0.25, -0.2) is 0 Å². The fraction of sp³-hybridized carbons (Fsp3) is 1.00. The van der Waals surface area contributed by atoms with Gasteiger partial charge in [-0.15, -0.1) is 0 Å². The number of piperidine rings is 1. The highest BCUT2D eigenvalue weighted by Crippen LogP contribution is 2.22. The van der Waals surface area contributed by atoms with Crippen molar-refractivity contribution >= 4 is 0 Å². The predicted molar refractivity (Wildman–Crippen MR) is 85.0 cm³/mol. The zero-order valence-electron chi connectivity index (χ0n) is 13.3. The second-order valence-electron chi connectivity index (χ2n) is 7.54. The van der Waals surface area contributed by atoms with E-state index in [0.717, 1.165) is 17.9 Å². The van der Waals surface area contributed by atoms with Crippen molar-refractivity contribution in [3.63, 3.8) is 0 Å². The maximum Gasteiger partial charge on any atom is 0.00683 e. The van der Waals surface area contributed by atoms with E-state index in [1.807, 2.05) is 0 Å². The highest BCUT2D eigenvalue weighted by Gasteiger charge is 2.24. The second kappa shape index (κ2) is 7.24. The molecule has 1 saturated carbocycles. The van der Waals surface area contributed by atoms with E-state index in [1.54, 1.807) is 0 Å². The Labute approximate surface area is 125 Å². The van der Waals surface area contributed by atoms with E-state index < -0.39 is 0 Å². The van der Waals surface area contributed by atoms with Crippen LogP contribution in [0.2, 0.25) is 0 Å². The van der Waals surface area contributed by atoms with Crippen molar-refractivity contribution in [2.24, 2.45) is 11.8 Å². The normalized spacial score (nSPS) is 28.1. The molecular formula is C17H33N3. The Morgan fingerprint density at radius 3 is 2.30 bits per heavy atom. The standard InChI is InChI=1S/C17H33N3/c1-15(12-18-17-4-5-17)13-20-10-6-16(7-11-20)14-19-8-2-3-9-19/h15-18H,2-14H2,1H3. The van der Waals surface area contributed by atoms with Gasteiger partial charge in [-0.05, 0) is 83.1 Å². The molecule has 0 bridgehead atoms. The summed E-state index contributed by atoms with van der Waals surface area (Å²) in [4.78, 5) is 5.40. The zero-order valence-corrected chi connectivity index (χ0v) is 13.3. The van der Waals surface area contributed by atoms with Gasteiger partial charge in [0.15, 0.2) is 0 Å².